The molecule has 10 nitrogen and oxygen atoms in total. The van der Waals surface area contributed by atoms with Crippen LogP contribution in [0.3, 0.4) is 0 Å². The van der Waals surface area contributed by atoms with E-state index in [0.717, 1.165) is 48.1 Å². The van der Waals surface area contributed by atoms with E-state index >= 15 is 0 Å². The van der Waals surface area contributed by atoms with Gasteiger partial charge in [-0.05, 0) is 72.7 Å². The van der Waals surface area contributed by atoms with Gasteiger partial charge in [0.05, 0.1) is 25.2 Å². The second kappa shape index (κ2) is 11.7. The van der Waals surface area contributed by atoms with Crippen molar-refractivity contribution in [1.82, 2.24) is 19.8 Å². The van der Waals surface area contributed by atoms with Gasteiger partial charge in [0.25, 0.3) is 17.4 Å². The van der Waals surface area contributed by atoms with E-state index in [0.29, 0.717) is 68.3 Å². The number of ether oxygens (including phenoxy) is 2. The predicted molar refractivity (Wildman–Crippen MR) is 166 cm³/mol. The van der Waals surface area contributed by atoms with E-state index in [1.54, 1.807) is 35.9 Å². The maximum Gasteiger partial charge on any atom is 0.263 e. The van der Waals surface area contributed by atoms with Gasteiger partial charge in [0.1, 0.15) is 11.4 Å². The van der Waals surface area contributed by atoms with E-state index in [4.69, 9.17) is 26.1 Å². The van der Waals surface area contributed by atoms with Gasteiger partial charge >= 0.3 is 0 Å². The number of methoxy groups -OCH3 is 1. The molecule has 2 amide bonds. The van der Waals surface area contributed by atoms with Gasteiger partial charge < -0.3 is 29.6 Å². The Morgan fingerprint density at radius 3 is 2.57 bits per heavy atom. The minimum absolute atomic E-state index is 0.0769. The predicted octanol–water partition coefficient (Wildman–Crippen LogP) is 4.24. The molecule has 2 aliphatic carbocycles. The third kappa shape index (κ3) is 5.91. The number of aromatic nitrogens is 2. The maximum absolute atomic E-state index is 13.7. The summed E-state index contributed by atoms with van der Waals surface area (Å²) in [7, 11) is 1.65. The van der Waals surface area contributed by atoms with Gasteiger partial charge in [-0.15, -0.1) is 0 Å². The smallest absolute Gasteiger partial charge is 0.263 e. The Morgan fingerprint density at radius 2 is 1.89 bits per heavy atom. The van der Waals surface area contributed by atoms with E-state index in [1.807, 2.05) is 23.2 Å². The summed E-state index contributed by atoms with van der Waals surface area (Å²) in [5.74, 6) is 0.0558. The normalized spacial score (nSPS) is 18.5. The molecule has 0 unspecified atom stereocenters. The molecule has 44 heavy (non-hydrogen) atoms. The van der Waals surface area contributed by atoms with E-state index in [2.05, 4.69) is 10.6 Å². The summed E-state index contributed by atoms with van der Waals surface area (Å²) in [6.07, 6.45) is 5.71. The molecular formula is C33H36ClN5O5. The number of amides is 2. The number of anilines is 1. The van der Waals surface area contributed by atoms with Crippen LogP contribution in [0, 0.1) is 5.41 Å². The lowest BCUT2D eigenvalue weighted by Gasteiger charge is -2.55. The van der Waals surface area contributed by atoms with Crippen LogP contribution in [0.2, 0.25) is 5.02 Å². The quantitative estimate of drug-likeness (QED) is 0.309. The molecule has 0 bridgehead atoms. The van der Waals surface area contributed by atoms with Crippen molar-refractivity contribution in [3.63, 3.8) is 0 Å². The van der Waals surface area contributed by atoms with Crippen LogP contribution in [-0.2, 0) is 16.0 Å². The van der Waals surface area contributed by atoms with E-state index in [1.165, 1.54) is 0 Å². The Kier molecular flexibility index (Phi) is 7.78. The Labute approximate surface area is 260 Å². The van der Waals surface area contributed by atoms with Crippen molar-refractivity contribution in [3.05, 3.63) is 80.4 Å². The molecule has 11 heteroatoms. The lowest BCUT2D eigenvalue weighted by atomic mass is 9.77. The Balaban J connectivity index is 1.18. The first-order valence-corrected chi connectivity index (χ1v) is 15.7. The van der Waals surface area contributed by atoms with Crippen LogP contribution in [-0.4, -0.2) is 72.8 Å². The number of carbonyl (C=O) groups excluding carboxylic acids is 2. The van der Waals surface area contributed by atoms with Gasteiger partial charge in [-0.1, -0.05) is 17.7 Å². The van der Waals surface area contributed by atoms with Crippen molar-refractivity contribution < 1.29 is 19.1 Å². The Morgan fingerprint density at radius 1 is 1.09 bits per heavy atom. The average Bonchev–Trinajstić information content (AvgIpc) is 3.88. The highest BCUT2D eigenvalue weighted by molar-refractivity contribution is 6.31. The largest absolute Gasteiger partial charge is 0.383 e. The fourth-order valence-corrected chi connectivity index (χ4v) is 6.26. The van der Waals surface area contributed by atoms with Crippen molar-refractivity contribution in [2.45, 2.75) is 44.2 Å². The maximum atomic E-state index is 13.7. The van der Waals surface area contributed by atoms with Gasteiger partial charge in [0, 0.05) is 67.7 Å². The van der Waals surface area contributed by atoms with Gasteiger partial charge in [0.2, 0.25) is 0 Å². The van der Waals surface area contributed by atoms with Gasteiger partial charge in [0.15, 0.2) is 0 Å². The molecule has 4 aliphatic rings. The van der Waals surface area contributed by atoms with Gasteiger partial charge in [-0.2, -0.15) is 0 Å². The van der Waals surface area contributed by atoms with E-state index in [-0.39, 0.29) is 28.5 Å². The third-order valence-electron chi connectivity index (χ3n) is 8.86. The number of rotatable bonds is 11. The minimum atomic E-state index is -0.504. The molecular weight excluding hydrogens is 582 g/mol. The highest BCUT2D eigenvalue weighted by Crippen LogP contribution is 2.43. The molecule has 0 radical (unpaired) electrons. The molecule has 3 aromatic rings. The molecule has 1 aromatic carbocycles. The standard InChI is InChI=1S/C33H36ClN5O5/c1-43-9-8-35-14-20-10-27(32(42)39(15-20)24-5-6-24)30(40)37-29-12-22(11-28(36-29)21-2-3-21)25-7-4-23(34)13-26(25)31(41)38-16-33(17-38)18-44-19-33/h4,7,10-13,15,21,24,35H,2-3,5-6,8-9,14,16-19H2,1H3,(H,36,37,40). The number of benzene rings is 1. The van der Waals surface area contributed by atoms with Gasteiger partial charge in [-0.3, -0.25) is 14.4 Å². The number of hydrogen-bond acceptors (Lipinski definition) is 7. The first-order valence-electron chi connectivity index (χ1n) is 15.3. The second-order valence-corrected chi connectivity index (χ2v) is 13.0. The van der Waals surface area contributed by atoms with Crippen molar-refractivity contribution in [3.8, 4) is 11.1 Å². The van der Waals surface area contributed by atoms with E-state index < -0.39 is 5.91 Å². The molecule has 4 fully saturated rings. The molecule has 0 atom stereocenters. The third-order valence-corrected chi connectivity index (χ3v) is 9.09. The highest BCUT2D eigenvalue weighted by Gasteiger charge is 2.51. The second-order valence-electron chi connectivity index (χ2n) is 12.6. The number of hydrogen-bond donors (Lipinski definition) is 2. The summed E-state index contributed by atoms with van der Waals surface area (Å²) >= 11 is 6.38. The van der Waals surface area contributed by atoms with Crippen LogP contribution in [0.1, 0.15) is 69.6 Å². The molecule has 2 aliphatic heterocycles. The van der Waals surface area contributed by atoms with Crippen molar-refractivity contribution in [2.75, 3.05) is 51.9 Å². The number of likely N-dealkylation sites (tertiary alicyclic amines) is 1. The molecule has 2 aromatic heterocycles. The Hall–Kier alpha value is -3.57. The SMILES string of the molecule is COCCNCc1cc(C(=O)Nc2cc(-c3ccc(Cl)cc3C(=O)N3CC4(COC4)C3)cc(C3CC3)n2)c(=O)n(C2CC2)c1. The molecule has 4 heterocycles. The zero-order valence-electron chi connectivity index (χ0n) is 24.7. The molecule has 2 saturated heterocycles. The number of pyridine rings is 2. The fraction of sp³-hybridized carbons (Fsp3) is 0.455. The summed E-state index contributed by atoms with van der Waals surface area (Å²) < 4.78 is 12.2. The zero-order valence-corrected chi connectivity index (χ0v) is 25.5. The summed E-state index contributed by atoms with van der Waals surface area (Å²) in [6, 6.07) is 10.9. The van der Waals surface area contributed by atoms with Crippen LogP contribution < -0.4 is 16.2 Å². The first-order chi connectivity index (χ1) is 21.3. The van der Waals surface area contributed by atoms with Crippen LogP contribution in [0.15, 0.2) is 47.4 Å². The summed E-state index contributed by atoms with van der Waals surface area (Å²) in [5.41, 5.74) is 3.58. The van der Waals surface area contributed by atoms with Gasteiger partial charge in [-0.25, -0.2) is 4.98 Å². The molecule has 230 valence electrons. The molecule has 1 spiro atoms. The lowest BCUT2D eigenvalue weighted by molar-refractivity contribution is -0.176. The highest BCUT2D eigenvalue weighted by atomic mass is 35.5. The summed E-state index contributed by atoms with van der Waals surface area (Å²) in [6.45, 7) is 4.45. The first kappa shape index (κ1) is 29.2. The molecule has 7 rings (SSSR count). The summed E-state index contributed by atoms with van der Waals surface area (Å²) in [4.78, 5) is 47.3. The number of carbonyl (C=O) groups is 2. The fourth-order valence-electron chi connectivity index (χ4n) is 6.09. The molecule has 2 N–H and O–H groups in total. The van der Waals surface area contributed by atoms with Crippen LogP contribution >= 0.6 is 11.6 Å². The monoisotopic (exact) mass is 617 g/mol. The number of halogens is 1. The zero-order chi connectivity index (χ0) is 30.4. The number of nitrogens with zero attached hydrogens (tertiary/aromatic N) is 3. The van der Waals surface area contributed by atoms with Crippen molar-refractivity contribution >= 4 is 29.2 Å². The number of nitrogens with one attached hydrogen (secondary N) is 2. The van der Waals surface area contributed by atoms with Crippen molar-refractivity contribution in [2.24, 2.45) is 5.41 Å². The summed E-state index contributed by atoms with van der Waals surface area (Å²) in [5, 5.41) is 6.69. The topological polar surface area (TPSA) is 115 Å². The Bertz CT molecular complexity index is 1670. The molecule has 2 saturated carbocycles. The lowest BCUT2D eigenvalue weighted by Crippen LogP contribution is -2.67. The van der Waals surface area contributed by atoms with Crippen LogP contribution in [0.25, 0.3) is 11.1 Å². The van der Waals surface area contributed by atoms with Crippen molar-refractivity contribution in [1.29, 1.82) is 0 Å². The van der Waals surface area contributed by atoms with Crippen LogP contribution in [0.4, 0.5) is 5.82 Å². The van der Waals surface area contributed by atoms with Crippen LogP contribution in [0.5, 0.6) is 0 Å². The average molecular weight is 618 g/mol. The van der Waals surface area contributed by atoms with E-state index in [9.17, 15) is 14.4 Å². The minimum Gasteiger partial charge on any atom is -0.383 e.